The average molecular weight is 673 g/mol. The molecule has 0 aliphatic carbocycles. The van der Waals surface area contributed by atoms with Gasteiger partial charge in [-0.15, -0.1) is 0 Å². The Bertz CT molecular complexity index is 1320. The van der Waals surface area contributed by atoms with Crippen molar-refractivity contribution < 1.29 is 9.47 Å². The SMILES string of the molecule is C[Si](C)(C)CCOCCl.C[Si](C)(C)CCOCn1ccc2c(Cl)nc(Cl)nc21.Clc1nc(Cl)c2cc[nH]c2n1. The van der Waals surface area contributed by atoms with E-state index in [1.54, 1.807) is 12.3 Å². The van der Waals surface area contributed by atoms with Crippen LogP contribution in [0.3, 0.4) is 0 Å². The van der Waals surface area contributed by atoms with E-state index in [4.69, 9.17) is 67.5 Å². The normalized spacial score (nSPS) is 11.8. The third kappa shape index (κ3) is 12.6. The molecule has 8 nitrogen and oxygen atoms in total. The zero-order valence-corrected chi connectivity index (χ0v) is 28.8. The summed E-state index contributed by atoms with van der Waals surface area (Å²) in [5, 5.41) is 2.64. The number of halogens is 5. The molecule has 0 bridgehead atoms. The molecule has 4 rings (SSSR count). The maximum absolute atomic E-state index is 6.01. The summed E-state index contributed by atoms with van der Waals surface area (Å²) >= 11 is 28.5. The first-order valence-corrected chi connectivity index (χ1v) is 21.7. The number of alkyl halides is 1. The number of hydrogen-bond acceptors (Lipinski definition) is 6. The van der Waals surface area contributed by atoms with Gasteiger partial charge in [0.15, 0.2) is 0 Å². The zero-order valence-electron chi connectivity index (χ0n) is 23.0. The highest BCUT2D eigenvalue weighted by Crippen LogP contribution is 2.23. The molecule has 216 valence electrons. The number of nitrogens with zero attached hydrogens (tertiary/aromatic N) is 5. The van der Waals surface area contributed by atoms with Crippen molar-refractivity contribution in [1.29, 1.82) is 0 Å². The van der Waals surface area contributed by atoms with Crippen molar-refractivity contribution in [3.05, 3.63) is 45.4 Å². The average Bonchev–Trinajstić information content (AvgIpc) is 3.44. The quantitative estimate of drug-likeness (QED) is 0.0628. The van der Waals surface area contributed by atoms with E-state index in [1.165, 1.54) is 6.04 Å². The van der Waals surface area contributed by atoms with Crippen LogP contribution < -0.4 is 0 Å². The van der Waals surface area contributed by atoms with Crippen LogP contribution in [0.2, 0.25) is 72.2 Å². The van der Waals surface area contributed by atoms with Gasteiger partial charge in [-0.25, -0.2) is 9.97 Å². The number of rotatable bonds is 9. The summed E-state index contributed by atoms with van der Waals surface area (Å²) < 4.78 is 12.6. The molecule has 0 aromatic carbocycles. The van der Waals surface area contributed by atoms with Crippen molar-refractivity contribution in [2.75, 3.05) is 19.3 Å². The Balaban J connectivity index is 0.000000226. The fourth-order valence-electron chi connectivity index (χ4n) is 2.96. The second kappa shape index (κ2) is 15.9. The number of ether oxygens (including phenoxy) is 2. The Morgan fingerprint density at radius 1 is 0.769 bits per heavy atom. The van der Waals surface area contributed by atoms with Crippen LogP contribution in [0.1, 0.15) is 0 Å². The molecule has 0 atom stereocenters. The first-order chi connectivity index (χ1) is 18.2. The van der Waals surface area contributed by atoms with E-state index in [-0.39, 0.29) is 10.6 Å². The van der Waals surface area contributed by atoms with Gasteiger partial charge >= 0.3 is 0 Å². The number of nitrogens with one attached hydrogen (secondary N) is 1. The highest BCUT2D eigenvalue weighted by molar-refractivity contribution is 6.76. The van der Waals surface area contributed by atoms with Crippen molar-refractivity contribution in [2.24, 2.45) is 0 Å². The highest BCUT2D eigenvalue weighted by Gasteiger charge is 2.13. The Labute approximate surface area is 256 Å². The standard InChI is InChI=1S/C12H17Cl2N3OSi.C6H3Cl2N3.C6H15ClOSi/c1-19(2,3)7-6-18-8-17-5-4-9-10(13)15-12(14)16-11(9)17;7-4-3-1-2-9-5(3)11-6(8)10-4;1-9(2,3)5-4-8-6-7/h4-5H,6-8H2,1-3H3;1-2H,(H,9,10,11);4-6H2,1-3H3. The van der Waals surface area contributed by atoms with Gasteiger partial charge in [-0.05, 0) is 47.4 Å². The minimum Gasteiger partial charge on any atom is -0.366 e. The molecule has 0 radical (unpaired) electrons. The molecule has 0 aliphatic heterocycles. The molecule has 4 heterocycles. The van der Waals surface area contributed by atoms with Crippen LogP contribution in [0, 0.1) is 0 Å². The molecular weight excluding hydrogens is 638 g/mol. The van der Waals surface area contributed by atoms with Crippen molar-refractivity contribution in [3.8, 4) is 0 Å². The summed E-state index contributed by atoms with van der Waals surface area (Å²) in [7, 11) is -1.93. The van der Waals surface area contributed by atoms with Gasteiger partial charge in [0.1, 0.15) is 34.4 Å². The van der Waals surface area contributed by atoms with Crippen LogP contribution in [0.15, 0.2) is 24.5 Å². The molecular formula is C24H35Cl5N6O2Si2. The van der Waals surface area contributed by atoms with E-state index in [0.29, 0.717) is 34.4 Å². The number of aromatic nitrogens is 6. The molecule has 0 saturated carbocycles. The molecule has 15 heteroatoms. The molecule has 0 unspecified atom stereocenters. The highest BCUT2D eigenvalue weighted by atomic mass is 35.5. The molecule has 4 aromatic rings. The van der Waals surface area contributed by atoms with Gasteiger partial charge in [-0.3, -0.25) is 0 Å². The van der Waals surface area contributed by atoms with Gasteiger partial charge in [0, 0.05) is 41.8 Å². The fraction of sp³-hybridized carbons (Fsp3) is 0.500. The van der Waals surface area contributed by atoms with Crippen LogP contribution in [-0.2, 0) is 16.2 Å². The molecule has 0 amide bonds. The smallest absolute Gasteiger partial charge is 0.225 e. The fourth-order valence-corrected chi connectivity index (χ4v) is 5.46. The predicted octanol–water partition coefficient (Wildman–Crippen LogP) is 8.85. The molecule has 0 spiro atoms. The minimum atomic E-state index is -1.05. The minimum absolute atomic E-state index is 0.152. The molecule has 1 N–H and O–H groups in total. The summed E-state index contributed by atoms with van der Waals surface area (Å²) in [5.74, 6) is 0. The van der Waals surface area contributed by atoms with Crippen LogP contribution in [-0.4, -0.2) is 64.9 Å². The van der Waals surface area contributed by atoms with E-state index in [9.17, 15) is 0 Å². The maximum atomic E-state index is 6.01. The Morgan fingerprint density at radius 2 is 1.33 bits per heavy atom. The van der Waals surface area contributed by atoms with Crippen molar-refractivity contribution in [3.63, 3.8) is 0 Å². The Hall–Kier alpha value is -0.956. The van der Waals surface area contributed by atoms with Crippen molar-refractivity contribution in [1.82, 2.24) is 29.5 Å². The second-order valence-electron chi connectivity index (χ2n) is 11.0. The molecule has 4 aromatic heterocycles. The zero-order chi connectivity index (χ0) is 29.2. The third-order valence-corrected chi connectivity index (χ3v) is 9.66. The van der Waals surface area contributed by atoms with Gasteiger partial charge in [0.25, 0.3) is 0 Å². The van der Waals surface area contributed by atoms with E-state index >= 15 is 0 Å². The summed E-state index contributed by atoms with van der Waals surface area (Å²) in [6, 6.07) is 6.36. The molecule has 39 heavy (non-hydrogen) atoms. The van der Waals surface area contributed by atoms with Gasteiger partial charge in [0.2, 0.25) is 10.6 Å². The monoisotopic (exact) mass is 670 g/mol. The van der Waals surface area contributed by atoms with Crippen molar-refractivity contribution in [2.45, 2.75) is 58.1 Å². The van der Waals surface area contributed by atoms with Gasteiger partial charge in [-0.1, -0.05) is 74.1 Å². The summed E-state index contributed by atoms with van der Waals surface area (Å²) in [6.07, 6.45) is 3.62. The lowest BCUT2D eigenvalue weighted by Gasteiger charge is -2.15. The summed E-state index contributed by atoms with van der Waals surface area (Å²) in [5.41, 5.74) is 1.37. The van der Waals surface area contributed by atoms with Crippen molar-refractivity contribution >= 4 is 96.2 Å². The number of hydrogen-bond donors (Lipinski definition) is 1. The summed E-state index contributed by atoms with van der Waals surface area (Å²) in [4.78, 5) is 18.7. The lowest BCUT2D eigenvalue weighted by Crippen LogP contribution is -2.22. The number of aromatic amines is 1. The molecule has 0 saturated heterocycles. The first-order valence-electron chi connectivity index (χ1n) is 12.3. The third-order valence-electron chi connectivity index (χ3n) is 5.19. The van der Waals surface area contributed by atoms with E-state index in [2.05, 4.69) is 64.2 Å². The largest absolute Gasteiger partial charge is 0.366 e. The van der Waals surface area contributed by atoms with E-state index < -0.39 is 16.1 Å². The van der Waals surface area contributed by atoms with Crippen LogP contribution in [0.5, 0.6) is 0 Å². The topological polar surface area (TPSA) is 90.7 Å². The van der Waals surface area contributed by atoms with Gasteiger partial charge < -0.3 is 19.0 Å². The Morgan fingerprint density at radius 3 is 1.92 bits per heavy atom. The lowest BCUT2D eigenvalue weighted by molar-refractivity contribution is 0.0899. The van der Waals surface area contributed by atoms with Crippen LogP contribution in [0.25, 0.3) is 22.1 Å². The maximum Gasteiger partial charge on any atom is 0.225 e. The first kappa shape index (κ1) is 34.2. The Kier molecular flexibility index (Phi) is 13.9. The predicted molar refractivity (Wildman–Crippen MR) is 170 cm³/mol. The van der Waals surface area contributed by atoms with Crippen LogP contribution in [0.4, 0.5) is 0 Å². The van der Waals surface area contributed by atoms with Crippen LogP contribution >= 0.6 is 58.0 Å². The van der Waals surface area contributed by atoms with E-state index in [0.717, 1.165) is 30.0 Å². The van der Waals surface area contributed by atoms with Gasteiger partial charge in [0.05, 0.1) is 10.8 Å². The van der Waals surface area contributed by atoms with E-state index in [1.807, 2.05) is 16.8 Å². The number of fused-ring (bicyclic) bond motifs is 2. The number of H-pyrrole nitrogens is 1. The summed E-state index contributed by atoms with van der Waals surface area (Å²) in [6.45, 7) is 16.0. The molecule has 0 aliphatic rings. The van der Waals surface area contributed by atoms with Gasteiger partial charge in [-0.2, -0.15) is 9.97 Å². The lowest BCUT2D eigenvalue weighted by atomic mass is 10.4. The second-order valence-corrected chi connectivity index (χ2v) is 23.9. The molecule has 0 fully saturated rings.